The second-order valence-corrected chi connectivity index (χ2v) is 7.63. The first kappa shape index (κ1) is 21.4. The third kappa shape index (κ3) is 3.42. The largest absolute Gasteiger partial charge is 0.472 e. The Hall–Kier alpha value is -1.31. The fraction of sp³-hybridized carbons (Fsp3) is 0.824. The summed E-state index contributed by atoms with van der Waals surface area (Å²) in [5.41, 5.74) is -3.22. The molecule has 11 heteroatoms. The van der Waals surface area contributed by atoms with Crippen molar-refractivity contribution >= 4 is 5.97 Å². The van der Waals surface area contributed by atoms with Crippen LogP contribution in [0.15, 0.2) is 12.3 Å². The van der Waals surface area contributed by atoms with Crippen molar-refractivity contribution in [3.05, 3.63) is 12.3 Å². The molecule has 0 bridgehead atoms. The van der Waals surface area contributed by atoms with Gasteiger partial charge in [-0.3, -0.25) is 4.79 Å². The predicted octanol–water partition coefficient (Wildman–Crippen LogP) is -2.89. The van der Waals surface area contributed by atoms with Gasteiger partial charge in [0.2, 0.25) is 6.29 Å². The molecule has 11 nitrogen and oxygen atoms in total. The van der Waals surface area contributed by atoms with Gasteiger partial charge in [-0.2, -0.15) is 0 Å². The number of fused-ring (bicyclic) bond motifs is 1. The van der Waals surface area contributed by atoms with Crippen molar-refractivity contribution in [1.29, 1.82) is 0 Å². The summed E-state index contributed by atoms with van der Waals surface area (Å²) in [6, 6.07) is 0. The fourth-order valence-corrected chi connectivity index (χ4v) is 4.25. The first-order valence-electron chi connectivity index (χ1n) is 8.92. The minimum atomic E-state index is -1.85. The summed E-state index contributed by atoms with van der Waals surface area (Å²) in [5, 5.41) is 60.6. The van der Waals surface area contributed by atoms with Gasteiger partial charge < -0.3 is 49.6 Å². The van der Waals surface area contributed by atoms with Gasteiger partial charge in [0.05, 0.1) is 24.9 Å². The van der Waals surface area contributed by atoms with Gasteiger partial charge in [0, 0.05) is 13.3 Å². The van der Waals surface area contributed by atoms with Gasteiger partial charge in [-0.15, -0.1) is 0 Å². The molecule has 3 rings (SSSR count). The summed E-state index contributed by atoms with van der Waals surface area (Å²) < 4.78 is 21.7. The Morgan fingerprint density at radius 2 is 1.86 bits per heavy atom. The SMILES string of the molecule is CC(=O)O[C@]1(C)CC(O)C2(O)C=COC(OC3OC(CO)C(O)C(O)C3O)C21. The number of rotatable bonds is 4. The van der Waals surface area contributed by atoms with E-state index in [4.69, 9.17) is 18.9 Å². The minimum absolute atomic E-state index is 0.101. The Morgan fingerprint density at radius 1 is 1.18 bits per heavy atom. The summed E-state index contributed by atoms with van der Waals surface area (Å²) in [4.78, 5) is 11.6. The molecular formula is C17H26O11. The topological polar surface area (TPSA) is 175 Å². The summed E-state index contributed by atoms with van der Waals surface area (Å²) >= 11 is 0. The van der Waals surface area contributed by atoms with Gasteiger partial charge in [-0.1, -0.05) is 0 Å². The third-order valence-corrected chi connectivity index (χ3v) is 5.60. The van der Waals surface area contributed by atoms with Crippen molar-refractivity contribution in [2.75, 3.05) is 6.61 Å². The summed E-state index contributed by atoms with van der Waals surface area (Å²) in [7, 11) is 0. The quantitative estimate of drug-likeness (QED) is 0.264. The van der Waals surface area contributed by atoms with Crippen LogP contribution in [0.3, 0.4) is 0 Å². The van der Waals surface area contributed by atoms with E-state index < -0.39 is 72.8 Å². The van der Waals surface area contributed by atoms with Crippen LogP contribution in [0.25, 0.3) is 0 Å². The lowest BCUT2D eigenvalue weighted by Gasteiger charge is -2.45. The van der Waals surface area contributed by atoms with Crippen molar-refractivity contribution in [3.8, 4) is 0 Å². The third-order valence-electron chi connectivity index (χ3n) is 5.60. The Labute approximate surface area is 160 Å². The average Bonchev–Trinajstić information content (AvgIpc) is 2.81. The molecule has 9 unspecified atom stereocenters. The van der Waals surface area contributed by atoms with Crippen LogP contribution in [0.5, 0.6) is 0 Å². The lowest BCUT2D eigenvalue weighted by atomic mass is 9.81. The van der Waals surface area contributed by atoms with E-state index in [0.29, 0.717) is 0 Å². The van der Waals surface area contributed by atoms with Crippen LogP contribution in [0.4, 0.5) is 0 Å². The van der Waals surface area contributed by atoms with E-state index in [1.807, 2.05) is 0 Å². The number of aliphatic hydroxyl groups excluding tert-OH is 5. The summed E-state index contributed by atoms with van der Waals surface area (Å²) in [6.45, 7) is 2.04. The van der Waals surface area contributed by atoms with Crippen molar-refractivity contribution in [1.82, 2.24) is 0 Å². The number of esters is 1. The Balaban J connectivity index is 1.87. The monoisotopic (exact) mass is 406 g/mol. The van der Waals surface area contributed by atoms with Gasteiger partial charge in [-0.25, -0.2) is 0 Å². The molecule has 3 aliphatic rings. The van der Waals surface area contributed by atoms with Crippen molar-refractivity contribution in [2.45, 2.75) is 74.6 Å². The zero-order chi connectivity index (χ0) is 20.9. The molecule has 10 atom stereocenters. The maximum absolute atomic E-state index is 11.6. The summed E-state index contributed by atoms with van der Waals surface area (Å²) in [5.74, 6) is -1.74. The van der Waals surface area contributed by atoms with Crippen LogP contribution in [0.2, 0.25) is 0 Å². The van der Waals surface area contributed by atoms with E-state index in [0.717, 1.165) is 6.26 Å². The molecule has 1 saturated carbocycles. The van der Waals surface area contributed by atoms with Gasteiger partial charge in [0.15, 0.2) is 6.29 Å². The number of carbonyl (C=O) groups is 1. The van der Waals surface area contributed by atoms with Crippen LogP contribution in [-0.4, -0.2) is 97.5 Å². The first-order chi connectivity index (χ1) is 13.0. The van der Waals surface area contributed by atoms with E-state index in [1.54, 1.807) is 0 Å². The van der Waals surface area contributed by atoms with E-state index in [2.05, 4.69) is 0 Å². The molecule has 160 valence electrons. The van der Waals surface area contributed by atoms with Gasteiger partial charge in [-0.05, 0) is 13.0 Å². The van der Waals surface area contributed by atoms with Crippen LogP contribution >= 0.6 is 0 Å². The molecule has 0 aromatic rings. The van der Waals surface area contributed by atoms with Crippen molar-refractivity contribution in [2.24, 2.45) is 5.92 Å². The zero-order valence-corrected chi connectivity index (χ0v) is 15.4. The number of carbonyl (C=O) groups excluding carboxylic acids is 1. The number of aliphatic hydroxyl groups is 6. The van der Waals surface area contributed by atoms with Gasteiger partial charge >= 0.3 is 5.97 Å². The lowest BCUT2D eigenvalue weighted by molar-refractivity contribution is -0.351. The summed E-state index contributed by atoms with van der Waals surface area (Å²) in [6.07, 6.45) is -8.06. The standard InChI is InChI=1S/C17H26O11/c1-7(19)28-16(2)5-9(20)17(24)3-4-25-15(13(16)17)27-14-12(23)11(22)10(21)8(6-18)26-14/h3-4,8-15,18,20-24H,5-6H2,1-2H3/t8?,9?,10?,11?,12?,13?,14?,15?,16-,17?/m1/s1. The second kappa shape index (κ2) is 7.50. The van der Waals surface area contributed by atoms with E-state index in [1.165, 1.54) is 19.9 Å². The smallest absolute Gasteiger partial charge is 0.303 e. The normalized spacial score (nSPS) is 50.7. The first-order valence-corrected chi connectivity index (χ1v) is 8.92. The van der Waals surface area contributed by atoms with Crippen LogP contribution in [0.1, 0.15) is 20.3 Å². The molecular weight excluding hydrogens is 380 g/mol. The Kier molecular flexibility index (Phi) is 5.73. The zero-order valence-electron chi connectivity index (χ0n) is 15.4. The molecule has 28 heavy (non-hydrogen) atoms. The minimum Gasteiger partial charge on any atom is -0.472 e. The molecule has 1 saturated heterocycles. The highest BCUT2D eigenvalue weighted by atomic mass is 16.8. The fourth-order valence-electron chi connectivity index (χ4n) is 4.25. The number of ether oxygens (including phenoxy) is 4. The highest BCUT2D eigenvalue weighted by Crippen LogP contribution is 2.51. The van der Waals surface area contributed by atoms with Gasteiger partial charge in [0.1, 0.15) is 35.6 Å². The predicted molar refractivity (Wildman–Crippen MR) is 88.1 cm³/mol. The molecule has 0 radical (unpaired) electrons. The molecule has 0 spiro atoms. The van der Waals surface area contributed by atoms with Gasteiger partial charge in [0.25, 0.3) is 0 Å². The molecule has 0 aromatic carbocycles. The maximum atomic E-state index is 11.6. The average molecular weight is 406 g/mol. The Bertz CT molecular complexity index is 624. The number of hydrogen-bond donors (Lipinski definition) is 6. The molecule has 0 aromatic heterocycles. The van der Waals surface area contributed by atoms with E-state index in [-0.39, 0.29) is 6.42 Å². The molecule has 0 amide bonds. The van der Waals surface area contributed by atoms with Crippen molar-refractivity contribution < 1.29 is 54.4 Å². The highest BCUT2D eigenvalue weighted by Gasteiger charge is 2.66. The van der Waals surface area contributed by atoms with E-state index >= 15 is 0 Å². The maximum Gasteiger partial charge on any atom is 0.303 e. The molecule has 1 aliphatic carbocycles. The van der Waals surface area contributed by atoms with Crippen molar-refractivity contribution in [3.63, 3.8) is 0 Å². The van der Waals surface area contributed by atoms with Crippen LogP contribution in [-0.2, 0) is 23.7 Å². The molecule has 2 fully saturated rings. The highest BCUT2D eigenvalue weighted by molar-refractivity contribution is 5.66. The van der Waals surface area contributed by atoms with Crippen LogP contribution < -0.4 is 0 Å². The molecule has 2 heterocycles. The number of hydrogen-bond acceptors (Lipinski definition) is 11. The second-order valence-electron chi connectivity index (χ2n) is 7.63. The Morgan fingerprint density at radius 3 is 2.46 bits per heavy atom. The lowest BCUT2D eigenvalue weighted by Crippen LogP contribution is -2.62. The van der Waals surface area contributed by atoms with Crippen LogP contribution in [0, 0.1) is 5.92 Å². The molecule has 6 N–H and O–H groups in total. The molecule has 2 aliphatic heterocycles. The van der Waals surface area contributed by atoms with E-state index in [9.17, 15) is 35.4 Å².